The zero-order valence-electron chi connectivity index (χ0n) is 5.87. The van der Waals surface area contributed by atoms with Crippen molar-refractivity contribution in [2.45, 2.75) is 5.88 Å². The van der Waals surface area contributed by atoms with Gasteiger partial charge in [0.1, 0.15) is 0 Å². The molecule has 2 aromatic heterocycles. The molecule has 56 valence electrons. The molecule has 0 N–H and O–H groups in total. The van der Waals surface area contributed by atoms with Crippen molar-refractivity contribution in [1.82, 2.24) is 9.38 Å². The highest BCUT2D eigenvalue weighted by Gasteiger charge is 1.93. The first-order valence-corrected chi connectivity index (χ1v) is 3.90. The number of halogens is 1. The summed E-state index contributed by atoms with van der Waals surface area (Å²) in [5, 5.41) is 0. The Labute approximate surface area is 69.4 Å². The Morgan fingerprint density at radius 2 is 2.36 bits per heavy atom. The molecule has 0 amide bonds. The van der Waals surface area contributed by atoms with Crippen molar-refractivity contribution in [2.24, 2.45) is 0 Å². The van der Waals surface area contributed by atoms with Gasteiger partial charge in [-0.3, -0.25) is 0 Å². The summed E-state index contributed by atoms with van der Waals surface area (Å²) in [7, 11) is 0. The highest BCUT2D eigenvalue weighted by Crippen LogP contribution is 2.07. The van der Waals surface area contributed by atoms with Crippen molar-refractivity contribution in [3.8, 4) is 0 Å². The number of imidazole rings is 1. The molecule has 0 aliphatic carbocycles. The molecule has 2 heterocycles. The van der Waals surface area contributed by atoms with E-state index in [2.05, 4.69) is 4.98 Å². The fraction of sp³-hybridized carbons (Fsp3) is 0.125. The molecule has 0 saturated carbocycles. The van der Waals surface area contributed by atoms with Crippen LogP contribution in [0.2, 0.25) is 0 Å². The fourth-order valence-corrected chi connectivity index (χ4v) is 1.20. The summed E-state index contributed by atoms with van der Waals surface area (Å²) in [5.74, 6) is 0.550. The van der Waals surface area contributed by atoms with Crippen LogP contribution in [0.1, 0.15) is 5.56 Å². The average Bonchev–Trinajstić information content (AvgIpc) is 2.50. The van der Waals surface area contributed by atoms with Gasteiger partial charge in [-0.15, -0.1) is 11.6 Å². The summed E-state index contributed by atoms with van der Waals surface area (Å²) >= 11 is 5.66. The minimum atomic E-state index is 0.550. The quantitative estimate of drug-likeness (QED) is 0.593. The number of fused-ring (bicyclic) bond motifs is 1. The lowest BCUT2D eigenvalue weighted by molar-refractivity contribution is 1.12. The lowest BCUT2D eigenvalue weighted by Crippen LogP contribution is -1.84. The van der Waals surface area contributed by atoms with Crippen LogP contribution in [0.5, 0.6) is 0 Å². The molecule has 0 aliphatic heterocycles. The lowest BCUT2D eigenvalue weighted by Gasteiger charge is -1.95. The van der Waals surface area contributed by atoms with Gasteiger partial charge in [0, 0.05) is 12.1 Å². The van der Waals surface area contributed by atoms with E-state index in [0.717, 1.165) is 11.1 Å². The first-order valence-electron chi connectivity index (χ1n) is 3.37. The van der Waals surface area contributed by atoms with Crippen LogP contribution in [0, 0.1) is 0 Å². The molecule has 3 heteroatoms. The highest BCUT2D eigenvalue weighted by atomic mass is 35.5. The largest absolute Gasteiger partial charge is 0.306 e. The Morgan fingerprint density at radius 3 is 3.18 bits per heavy atom. The van der Waals surface area contributed by atoms with E-state index in [1.54, 1.807) is 6.33 Å². The van der Waals surface area contributed by atoms with Crippen molar-refractivity contribution in [3.05, 3.63) is 36.4 Å². The molecule has 0 aliphatic rings. The Hall–Kier alpha value is -1.02. The van der Waals surface area contributed by atoms with Crippen molar-refractivity contribution < 1.29 is 0 Å². The van der Waals surface area contributed by atoms with E-state index in [0.29, 0.717) is 5.88 Å². The van der Waals surface area contributed by atoms with E-state index in [-0.39, 0.29) is 0 Å². The van der Waals surface area contributed by atoms with Crippen LogP contribution in [-0.2, 0) is 5.88 Å². The van der Waals surface area contributed by atoms with E-state index in [9.17, 15) is 0 Å². The van der Waals surface area contributed by atoms with Crippen LogP contribution >= 0.6 is 11.6 Å². The van der Waals surface area contributed by atoms with Crippen LogP contribution in [0.15, 0.2) is 30.9 Å². The summed E-state index contributed by atoms with van der Waals surface area (Å²) in [6.45, 7) is 0. The van der Waals surface area contributed by atoms with E-state index in [1.165, 1.54) is 0 Å². The molecule has 2 nitrogen and oxygen atoms in total. The van der Waals surface area contributed by atoms with Crippen LogP contribution in [0.3, 0.4) is 0 Å². The number of nitrogens with zero attached hydrogens (tertiary/aromatic N) is 2. The van der Waals surface area contributed by atoms with E-state index < -0.39 is 0 Å². The van der Waals surface area contributed by atoms with E-state index >= 15 is 0 Å². The summed E-state index contributed by atoms with van der Waals surface area (Å²) in [6, 6.07) is 4.01. The Balaban J connectivity index is 2.67. The van der Waals surface area contributed by atoms with Gasteiger partial charge in [0.25, 0.3) is 0 Å². The first-order chi connectivity index (χ1) is 5.40. The van der Waals surface area contributed by atoms with Crippen molar-refractivity contribution in [1.29, 1.82) is 0 Å². The fourth-order valence-electron chi connectivity index (χ4n) is 1.04. The molecule has 11 heavy (non-hydrogen) atoms. The van der Waals surface area contributed by atoms with Gasteiger partial charge in [0.2, 0.25) is 0 Å². The lowest BCUT2D eigenvalue weighted by atomic mass is 10.3. The predicted octanol–water partition coefficient (Wildman–Crippen LogP) is 2.07. The van der Waals surface area contributed by atoms with Gasteiger partial charge in [-0.05, 0) is 11.6 Å². The van der Waals surface area contributed by atoms with E-state index in [4.69, 9.17) is 11.6 Å². The second-order valence-electron chi connectivity index (χ2n) is 2.40. The smallest absolute Gasteiger partial charge is 0.0992 e. The Bertz CT molecular complexity index is 367. The number of alkyl halides is 1. The third kappa shape index (κ3) is 1.10. The molecule has 0 aromatic carbocycles. The number of pyridine rings is 1. The number of rotatable bonds is 1. The molecule has 2 aromatic rings. The Morgan fingerprint density at radius 1 is 1.45 bits per heavy atom. The maximum Gasteiger partial charge on any atom is 0.0992 e. The molecular weight excluding hydrogens is 160 g/mol. The zero-order chi connectivity index (χ0) is 7.68. The zero-order valence-corrected chi connectivity index (χ0v) is 6.62. The van der Waals surface area contributed by atoms with Gasteiger partial charge in [-0.25, -0.2) is 4.98 Å². The van der Waals surface area contributed by atoms with Gasteiger partial charge in [-0.1, -0.05) is 6.07 Å². The van der Waals surface area contributed by atoms with E-state index in [1.807, 2.05) is 28.9 Å². The molecule has 0 fully saturated rings. The van der Waals surface area contributed by atoms with Crippen LogP contribution in [0.4, 0.5) is 0 Å². The van der Waals surface area contributed by atoms with Crippen molar-refractivity contribution >= 4 is 17.1 Å². The molecule has 0 spiro atoms. The molecule has 0 bridgehead atoms. The van der Waals surface area contributed by atoms with Crippen LogP contribution in [0.25, 0.3) is 5.52 Å². The van der Waals surface area contributed by atoms with Crippen molar-refractivity contribution in [3.63, 3.8) is 0 Å². The normalized spacial score (nSPS) is 10.6. The summed E-state index contributed by atoms with van der Waals surface area (Å²) in [4.78, 5) is 4.00. The van der Waals surface area contributed by atoms with Gasteiger partial charge in [0.05, 0.1) is 18.0 Å². The third-order valence-electron chi connectivity index (χ3n) is 1.62. The molecule has 0 unspecified atom stereocenters. The van der Waals surface area contributed by atoms with Gasteiger partial charge in [0.15, 0.2) is 0 Å². The summed E-state index contributed by atoms with van der Waals surface area (Å²) < 4.78 is 1.96. The van der Waals surface area contributed by atoms with Crippen LogP contribution in [-0.4, -0.2) is 9.38 Å². The van der Waals surface area contributed by atoms with Crippen LogP contribution < -0.4 is 0 Å². The maximum absolute atomic E-state index is 5.66. The first kappa shape index (κ1) is 6.68. The average molecular weight is 167 g/mol. The second kappa shape index (κ2) is 2.55. The standard InChI is InChI=1S/C8H7ClN2/c9-3-7-1-2-8-4-10-6-11(8)5-7/h1-2,4-6H,3H2. The topological polar surface area (TPSA) is 17.3 Å². The predicted molar refractivity (Wildman–Crippen MR) is 44.7 cm³/mol. The van der Waals surface area contributed by atoms with Crippen molar-refractivity contribution in [2.75, 3.05) is 0 Å². The van der Waals surface area contributed by atoms with Gasteiger partial charge >= 0.3 is 0 Å². The molecular formula is C8H7ClN2. The van der Waals surface area contributed by atoms with Gasteiger partial charge < -0.3 is 4.40 Å². The highest BCUT2D eigenvalue weighted by molar-refractivity contribution is 6.17. The minimum Gasteiger partial charge on any atom is -0.306 e. The number of hydrogen-bond acceptors (Lipinski definition) is 1. The third-order valence-corrected chi connectivity index (χ3v) is 1.93. The minimum absolute atomic E-state index is 0.550. The molecule has 0 atom stereocenters. The number of hydrogen-bond donors (Lipinski definition) is 0. The molecule has 0 saturated heterocycles. The van der Waals surface area contributed by atoms with Gasteiger partial charge in [-0.2, -0.15) is 0 Å². The number of aromatic nitrogens is 2. The Kier molecular flexibility index (Phi) is 1.55. The molecule has 2 rings (SSSR count). The maximum atomic E-state index is 5.66. The second-order valence-corrected chi connectivity index (χ2v) is 2.66. The molecule has 0 radical (unpaired) electrons. The summed E-state index contributed by atoms with van der Waals surface area (Å²) in [6.07, 6.45) is 5.57. The summed E-state index contributed by atoms with van der Waals surface area (Å²) in [5.41, 5.74) is 2.20. The SMILES string of the molecule is ClCc1ccc2cncn2c1. The monoisotopic (exact) mass is 166 g/mol.